The number of aryl methyl sites for hydroxylation is 1. The van der Waals surface area contributed by atoms with Gasteiger partial charge in [0.25, 0.3) is 0 Å². The van der Waals surface area contributed by atoms with Crippen LogP contribution in [0.4, 0.5) is 0 Å². The van der Waals surface area contributed by atoms with Gasteiger partial charge in [0.05, 0.1) is 15.9 Å². The van der Waals surface area contributed by atoms with E-state index in [0.717, 1.165) is 10.0 Å². The highest BCUT2D eigenvalue weighted by molar-refractivity contribution is 9.10. The van der Waals surface area contributed by atoms with Gasteiger partial charge in [0.1, 0.15) is 0 Å². The van der Waals surface area contributed by atoms with Crippen LogP contribution in [0.25, 0.3) is 0 Å². The summed E-state index contributed by atoms with van der Waals surface area (Å²) < 4.78 is 50.9. The van der Waals surface area contributed by atoms with Crippen LogP contribution in [0, 0.1) is 6.92 Å². The highest BCUT2D eigenvalue weighted by Crippen LogP contribution is 2.22. The summed E-state index contributed by atoms with van der Waals surface area (Å²) in [5, 5.41) is -0.603. The number of rotatable bonds is 4. The molecule has 1 aliphatic rings. The average molecular weight is 382 g/mol. The standard InChI is InChI=1S/C12H16BrNO4S2/c1-9-7-10(4-5-12(9)13)20(17,18)14-8-11-3-2-6-19(11,15)16/h4-5,7,11,14H,2-3,6,8H2,1H3. The Balaban J connectivity index is 2.13. The summed E-state index contributed by atoms with van der Waals surface area (Å²) >= 11 is 3.31. The van der Waals surface area contributed by atoms with Crippen molar-refractivity contribution >= 4 is 35.8 Å². The zero-order valence-corrected chi connectivity index (χ0v) is 14.2. The molecule has 5 nitrogen and oxygen atoms in total. The van der Waals surface area contributed by atoms with Gasteiger partial charge in [0, 0.05) is 11.0 Å². The second-order valence-corrected chi connectivity index (χ2v) is 9.92. The first-order valence-corrected chi connectivity index (χ1v) is 10.2. The topological polar surface area (TPSA) is 80.3 Å². The number of nitrogens with one attached hydrogen (secondary N) is 1. The molecule has 112 valence electrons. The molecule has 1 saturated heterocycles. The maximum absolute atomic E-state index is 12.1. The van der Waals surface area contributed by atoms with Crippen molar-refractivity contribution in [3.8, 4) is 0 Å². The van der Waals surface area contributed by atoms with Gasteiger partial charge in [0.15, 0.2) is 9.84 Å². The van der Waals surface area contributed by atoms with Gasteiger partial charge in [-0.3, -0.25) is 0 Å². The lowest BCUT2D eigenvalue weighted by Crippen LogP contribution is -2.34. The Morgan fingerprint density at radius 1 is 1.40 bits per heavy atom. The summed E-state index contributed by atoms with van der Waals surface area (Å²) in [5.41, 5.74) is 0.807. The van der Waals surface area contributed by atoms with Crippen molar-refractivity contribution in [2.75, 3.05) is 12.3 Å². The minimum atomic E-state index is -3.67. The van der Waals surface area contributed by atoms with Crippen LogP contribution in [-0.2, 0) is 19.9 Å². The number of hydrogen-bond acceptors (Lipinski definition) is 4. The van der Waals surface area contributed by atoms with E-state index in [9.17, 15) is 16.8 Å². The van der Waals surface area contributed by atoms with Crippen molar-refractivity contribution < 1.29 is 16.8 Å². The molecule has 0 spiro atoms. The van der Waals surface area contributed by atoms with Crippen molar-refractivity contribution in [2.45, 2.75) is 29.9 Å². The number of hydrogen-bond donors (Lipinski definition) is 1. The third-order valence-corrected chi connectivity index (χ3v) is 7.99. The van der Waals surface area contributed by atoms with Crippen LogP contribution in [0.15, 0.2) is 27.6 Å². The van der Waals surface area contributed by atoms with E-state index in [4.69, 9.17) is 0 Å². The molecule has 1 aromatic rings. The van der Waals surface area contributed by atoms with E-state index in [1.807, 2.05) is 0 Å². The van der Waals surface area contributed by atoms with Crippen LogP contribution in [0.3, 0.4) is 0 Å². The molecule has 1 aromatic carbocycles. The van der Waals surface area contributed by atoms with Crippen LogP contribution in [0.1, 0.15) is 18.4 Å². The fourth-order valence-corrected chi connectivity index (χ4v) is 5.44. The monoisotopic (exact) mass is 381 g/mol. The molecule has 0 radical (unpaired) electrons. The Bertz CT molecular complexity index is 713. The van der Waals surface area contributed by atoms with Crippen LogP contribution >= 0.6 is 15.9 Å². The van der Waals surface area contributed by atoms with E-state index >= 15 is 0 Å². The lowest BCUT2D eigenvalue weighted by molar-refractivity contribution is 0.571. The van der Waals surface area contributed by atoms with E-state index in [-0.39, 0.29) is 17.2 Å². The molecule has 0 aliphatic carbocycles. The second kappa shape index (κ2) is 5.75. The molecule has 1 atom stereocenters. The van der Waals surface area contributed by atoms with E-state index in [0.29, 0.717) is 12.8 Å². The van der Waals surface area contributed by atoms with Crippen molar-refractivity contribution in [3.63, 3.8) is 0 Å². The molecule has 20 heavy (non-hydrogen) atoms. The first-order valence-electron chi connectivity index (χ1n) is 6.20. The summed E-state index contributed by atoms with van der Waals surface area (Å²) in [6.07, 6.45) is 1.12. The van der Waals surface area contributed by atoms with Gasteiger partial charge >= 0.3 is 0 Å². The summed E-state index contributed by atoms with van der Waals surface area (Å²) in [4.78, 5) is 0.147. The number of sulfonamides is 1. The van der Waals surface area contributed by atoms with E-state index in [2.05, 4.69) is 20.7 Å². The van der Waals surface area contributed by atoms with Gasteiger partial charge in [-0.15, -0.1) is 0 Å². The summed E-state index contributed by atoms with van der Waals surface area (Å²) in [6.45, 7) is 1.74. The van der Waals surface area contributed by atoms with Gasteiger partial charge in [-0.2, -0.15) is 0 Å². The lowest BCUT2D eigenvalue weighted by Gasteiger charge is -2.12. The van der Waals surface area contributed by atoms with Crippen LogP contribution < -0.4 is 4.72 Å². The van der Waals surface area contributed by atoms with Gasteiger partial charge in [0.2, 0.25) is 10.0 Å². The van der Waals surface area contributed by atoms with Crippen LogP contribution in [0.2, 0.25) is 0 Å². The minimum Gasteiger partial charge on any atom is -0.229 e. The van der Waals surface area contributed by atoms with Crippen molar-refractivity contribution in [1.82, 2.24) is 4.72 Å². The fraction of sp³-hybridized carbons (Fsp3) is 0.500. The fourth-order valence-electron chi connectivity index (χ4n) is 2.16. The number of benzene rings is 1. The predicted octanol–water partition coefficient (Wildman–Crippen LogP) is 1.61. The van der Waals surface area contributed by atoms with Crippen LogP contribution in [-0.4, -0.2) is 34.4 Å². The van der Waals surface area contributed by atoms with E-state index in [1.165, 1.54) is 6.07 Å². The Kier molecular flexibility index (Phi) is 4.58. The molecule has 8 heteroatoms. The van der Waals surface area contributed by atoms with Crippen LogP contribution in [0.5, 0.6) is 0 Å². The summed E-state index contributed by atoms with van der Waals surface area (Å²) in [5.74, 6) is 0.150. The summed E-state index contributed by atoms with van der Waals surface area (Å²) in [7, 11) is -6.81. The molecular formula is C12H16BrNO4S2. The Morgan fingerprint density at radius 3 is 2.65 bits per heavy atom. The second-order valence-electron chi connectivity index (χ2n) is 4.89. The molecule has 0 saturated carbocycles. The van der Waals surface area contributed by atoms with Crippen molar-refractivity contribution in [1.29, 1.82) is 0 Å². The normalized spacial score (nSPS) is 22.0. The predicted molar refractivity (Wildman–Crippen MR) is 80.9 cm³/mol. The first-order chi connectivity index (χ1) is 9.22. The molecule has 1 fully saturated rings. The Hall–Kier alpha value is -0.440. The molecular weight excluding hydrogens is 366 g/mol. The molecule has 1 heterocycles. The molecule has 0 bridgehead atoms. The van der Waals surface area contributed by atoms with E-state index in [1.54, 1.807) is 19.1 Å². The zero-order valence-electron chi connectivity index (χ0n) is 11.0. The van der Waals surface area contributed by atoms with Crippen molar-refractivity contribution in [2.24, 2.45) is 0 Å². The minimum absolute atomic E-state index is 0.0558. The molecule has 0 aromatic heterocycles. The van der Waals surface area contributed by atoms with Gasteiger partial charge < -0.3 is 0 Å². The third kappa shape index (κ3) is 3.41. The molecule has 1 aliphatic heterocycles. The smallest absolute Gasteiger partial charge is 0.229 e. The third-order valence-electron chi connectivity index (χ3n) is 3.40. The first kappa shape index (κ1) is 15.9. The van der Waals surface area contributed by atoms with Gasteiger partial charge in [-0.1, -0.05) is 15.9 Å². The average Bonchev–Trinajstić information content (AvgIpc) is 2.69. The molecule has 1 unspecified atom stereocenters. The lowest BCUT2D eigenvalue weighted by atomic mass is 10.2. The maximum Gasteiger partial charge on any atom is 0.240 e. The highest BCUT2D eigenvalue weighted by Gasteiger charge is 2.32. The Labute approximate surface area is 127 Å². The van der Waals surface area contributed by atoms with Gasteiger partial charge in [-0.05, 0) is 43.5 Å². The van der Waals surface area contributed by atoms with Gasteiger partial charge in [-0.25, -0.2) is 21.6 Å². The molecule has 1 N–H and O–H groups in total. The molecule has 2 rings (SSSR count). The van der Waals surface area contributed by atoms with Crippen molar-refractivity contribution in [3.05, 3.63) is 28.2 Å². The number of sulfone groups is 1. The largest absolute Gasteiger partial charge is 0.240 e. The molecule has 0 amide bonds. The SMILES string of the molecule is Cc1cc(S(=O)(=O)NCC2CCCS2(=O)=O)ccc1Br. The quantitative estimate of drug-likeness (QED) is 0.858. The Morgan fingerprint density at radius 2 is 2.10 bits per heavy atom. The van der Waals surface area contributed by atoms with E-state index < -0.39 is 25.1 Å². The maximum atomic E-state index is 12.1. The highest BCUT2D eigenvalue weighted by atomic mass is 79.9. The zero-order chi connectivity index (χ0) is 15.0. The summed E-state index contributed by atoms with van der Waals surface area (Å²) in [6, 6.07) is 4.70. The number of halogens is 1.